The minimum absolute atomic E-state index is 0.0716. The molecule has 1 aromatic rings. The van der Waals surface area contributed by atoms with Crippen molar-refractivity contribution in [2.75, 3.05) is 13.7 Å². The van der Waals surface area contributed by atoms with Crippen molar-refractivity contribution in [2.45, 2.75) is 25.8 Å². The van der Waals surface area contributed by atoms with Gasteiger partial charge < -0.3 is 15.8 Å². The van der Waals surface area contributed by atoms with E-state index < -0.39 is 5.82 Å². The summed E-state index contributed by atoms with van der Waals surface area (Å²) in [5.41, 5.74) is 6.22. The van der Waals surface area contributed by atoms with Gasteiger partial charge in [-0.05, 0) is 25.0 Å². The van der Waals surface area contributed by atoms with Gasteiger partial charge in [-0.3, -0.25) is 4.79 Å². The van der Waals surface area contributed by atoms with Gasteiger partial charge in [-0.1, -0.05) is 12.1 Å². The molecular formula is C13H19FN2O2. The van der Waals surface area contributed by atoms with Crippen LogP contribution in [0.4, 0.5) is 4.39 Å². The van der Waals surface area contributed by atoms with Crippen molar-refractivity contribution in [1.29, 1.82) is 0 Å². The molecule has 5 heteroatoms. The van der Waals surface area contributed by atoms with Crippen molar-refractivity contribution in [3.05, 3.63) is 29.6 Å². The lowest BCUT2D eigenvalue weighted by Crippen LogP contribution is -2.35. The molecule has 0 radical (unpaired) electrons. The van der Waals surface area contributed by atoms with Gasteiger partial charge in [-0.15, -0.1) is 0 Å². The highest BCUT2D eigenvalue weighted by Crippen LogP contribution is 2.23. The zero-order chi connectivity index (χ0) is 13.5. The van der Waals surface area contributed by atoms with Crippen LogP contribution in [0.15, 0.2) is 18.2 Å². The summed E-state index contributed by atoms with van der Waals surface area (Å²) in [7, 11) is 1.41. The van der Waals surface area contributed by atoms with E-state index in [-0.39, 0.29) is 24.1 Å². The van der Waals surface area contributed by atoms with Gasteiger partial charge in [0, 0.05) is 19.0 Å². The number of aryl methyl sites for hydroxylation is 1. The van der Waals surface area contributed by atoms with Crippen molar-refractivity contribution >= 4 is 5.91 Å². The summed E-state index contributed by atoms with van der Waals surface area (Å²) in [4.78, 5) is 11.5. The summed E-state index contributed by atoms with van der Waals surface area (Å²) >= 11 is 0. The molecule has 100 valence electrons. The predicted octanol–water partition coefficient (Wildman–Crippen LogP) is 1.23. The lowest BCUT2D eigenvalue weighted by molar-refractivity contribution is -0.121. The van der Waals surface area contributed by atoms with Gasteiger partial charge in [0.2, 0.25) is 5.91 Å². The molecule has 0 aliphatic heterocycles. The van der Waals surface area contributed by atoms with E-state index in [1.807, 2.05) is 6.92 Å². The summed E-state index contributed by atoms with van der Waals surface area (Å²) in [5, 5.41) is 2.71. The molecule has 1 atom stereocenters. The summed E-state index contributed by atoms with van der Waals surface area (Å²) in [5.74, 6) is -0.304. The minimum atomic E-state index is -0.411. The molecule has 0 aromatic heterocycles. The van der Waals surface area contributed by atoms with Crippen LogP contribution in [0.3, 0.4) is 0 Å². The highest BCUT2D eigenvalue weighted by atomic mass is 19.1. The highest BCUT2D eigenvalue weighted by molar-refractivity contribution is 5.76. The van der Waals surface area contributed by atoms with E-state index in [9.17, 15) is 9.18 Å². The van der Waals surface area contributed by atoms with Gasteiger partial charge in [0.05, 0.1) is 7.11 Å². The van der Waals surface area contributed by atoms with Crippen LogP contribution in [0.25, 0.3) is 0 Å². The summed E-state index contributed by atoms with van der Waals surface area (Å²) in [6, 6.07) is 4.62. The fourth-order valence-electron chi connectivity index (χ4n) is 1.59. The van der Waals surface area contributed by atoms with Crippen LogP contribution in [-0.4, -0.2) is 25.6 Å². The number of carbonyl (C=O) groups excluding carboxylic acids is 1. The quantitative estimate of drug-likeness (QED) is 0.802. The van der Waals surface area contributed by atoms with E-state index in [4.69, 9.17) is 10.5 Å². The van der Waals surface area contributed by atoms with E-state index in [0.717, 1.165) is 0 Å². The Kier molecular flexibility index (Phi) is 5.58. The van der Waals surface area contributed by atoms with Crippen molar-refractivity contribution in [2.24, 2.45) is 5.73 Å². The molecule has 1 rings (SSSR count). The molecule has 1 amide bonds. The molecule has 0 aliphatic rings. The van der Waals surface area contributed by atoms with Crippen LogP contribution in [0.2, 0.25) is 0 Å². The summed E-state index contributed by atoms with van der Waals surface area (Å²) in [6.45, 7) is 2.26. The summed E-state index contributed by atoms with van der Waals surface area (Å²) in [6.07, 6.45) is 0.720. The van der Waals surface area contributed by atoms with E-state index in [0.29, 0.717) is 18.5 Å². The number of para-hydroxylation sites is 1. The third kappa shape index (κ3) is 4.33. The third-order valence-corrected chi connectivity index (χ3v) is 2.50. The molecule has 0 saturated heterocycles. The first-order valence-corrected chi connectivity index (χ1v) is 5.88. The lowest BCUT2D eigenvalue weighted by atomic mass is 10.1. The Morgan fingerprint density at radius 3 is 2.89 bits per heavy atom. The Hall–Kier alpha value is -1.62. The fraction of sp³-hybridized carbons (Fsp3) is 0.462. The van der Waals surface area contributed by atoms with E-state index in [1.165, 1.54) is 13.2 Å². The zero-order valence-electron chi connectivity index (χ0n) is 10.7. The first-order chi connectivity index (χ1) is 8.54. The molecule has 0 fully saturated rings. The number of hydrogen-bond donors (Lipinski definition) is 2. The van der Waals surface area contributed by atoms with Crippen molar-refractivity contribution in [3.8, 4) is 5.75 Å². The number of nitrogens with one attached hydrogen (secondary N) is 1. The van der Waals surface area contributed by atoms with Crippen LogP contribution in [0, 0.1) is 5.82 Å². The van der Waals surface area contributed by atoms with Crippen molar-refractivity contribution in [1.82, 2.24) is 5.32 Å². The first-order valence-electron chi connectivity index (χ1n) is 5.88. The van der Waals surface area contributed by atoms with Crippen LogP contribution in [0.1, 0.15) is 18.9 Å². The molecule has 18 heavy (non-hydrogen) atoms. The second kappa shape index (κ2) is 6.96. The second-order valence-corrected chi connectivity index (χ2v) is 4.21. The SMILES string of the molecule is COc1c(F)cccc1CCC(=O)NCC(C)N. The molecular weight excluding hydrogens is 235 g/mol. The minimum Gasteiger partial charge on any atom is -0.493 e. The number of amides is 1. The van der Waals surface area contributed by atoms with Gasteiger partial charge in [0.15, 0.2) is 11.6 Å². The molecule has 0 aliphatic carbocycles. The average molecular weight is 254 g/mol. The average Bonchev–Trinajstić information content (AvgIpc) is 2.33. The predicted molar refractivity (Wildman–Crippen MR) is 67.9 cm³/mol. The first kappa shape index (κ1) is 14.4. The van der Waals surface area contributed by atoms with E-state index >= 15 is 0 Å². The zero-order valence-corrected chi connectivity index (χ0v) is 10.7. The van der Waals surface area contributed by atoms with E-state index in [1.54, 1.807) is 12.1 Å². The number of carbonyl (C=O) groups is 1. The Bertz CT molecular complexity index is 408. The molecule has 3 N–H and O–H groups in total. The molecule has 4 nitrogen and oxygen atoms in total. The number of hydrogen-bond acceptors (Lipinski definition) is 3. The Balaban J connectivity index is 2.53. The normalized spacial score (nSPS) is 12.0. The van der Waals surface area contributed by atoms with Crippen molar-refractivity contribution < 1.29 is 13.9 Å². The van der Waals surface area contributed by atoms with E-state index in [2.05, 4.69) is 5.32 Å². The second-order valence-electron chi connectivity index (χ2n) is 4.21. The number of rotatable bonds is 6. The summed E-state index contributed by atoms with van der Waals surface area (Å²) < 4.78 is 18.4. The van der Waals surface area contributed by atoms with Crippen LogP contribution < -0.4 is 15.8 Å². The third-order valence-electron chi connectivity index (χ3n) is 2.50. The molecule has 1 aromatic carbocycles. The largest absolute Gasteiger partial charge is 0.493 e. The van der Waals surface area contributed by atoms with Crippen LogP contribution in [0.5, 0.6) is 5.75 Å². The van der Waals surface area contributed by atoms with Crippen molar-refractivity contribution in [3.63, 3.8) is 0 Å². The fourth-order valence-corrected chi connectivity index (χ4v) is 1.59. The molecule has 0 bridgehead atoms. The Morgan fingerprint density at radius 2 is 2.28 bits per heavy atom. The Labute approximate surface area is 106 Å². The van der Waals surface area contributed by atoms with Gasteiger partial charge >= 0.3 is 0 Å². The van der Waals surface area contributed by atoms with Crippen LogP contribution >= 0.6 is 0 Å². The standard InChI is InChI=1S/C13H19FN2O2/c1-9(15)8-16-12(17)7-6-10-4-3-5-11(14)13(10)18-2/h3-5,9H,6-8,15H2,1-2H3,(H,16,17). The number of benzene rings is 1. The molecule has 0 heterocycles. The number of methoxy groups -OCH3 is 1. The molecule has 1 unspecified atom stereocenters. The maximum Gasteiger partial charge on any atom is 0.220 e. The van der Waals surface area contributed by atoms with Gasteiger partial charge in [0.25, 0.3) is 0 Å². The number of ether oxygens (including phenoxy) is 1. The maximum absolute atomic E-state index is 13.4. The molecule has 0 spiro atoms. The van der Waals surface area contributed by atoms with Gasteiger partial charge in [-0.2, -0.15) is 0 Å². The monoisotopic (exact) mass is 254 g/mol. The lowest BCUT2D eigenvalue weighted by Gasteiger charge is -2.10. The molecule has 0 saturated carbocycles. The van der Waals surface area contributed by atoms with Gasteiger partial charge in [0.1, 0.15) is 0 Å². The highest BCUT2D eigenvalue weighted by Gasteiger charge is 2.10. The maximum atomic E-state index is 13.4. The number of halogens is 1. The number of nitrogens with two attached hydrogens (primary N) is 1. The Morgan fingerprint density at radius 1 is 1.56 bits per heavy atom. The smallest absolute Gasteiger partial charge is 0.220 e. The topological polar surface area (TPSA) is 64.3 Å². The van der Waals surface area contributed by atoms with Crippen LogP contribution in [-0.2, 0) is 11.2 Å². The van der Waals surface area contributed by atoms with Gasteiger partial charge in [-0.25, -0.2) is 4.39 Å².